The molecule has 1 aromatic rings. The number of hydrogen-bond donors (Lipinski definition) is 0. The van der Waals surface area contributed by atoms with Gasteiger partial charge in [0.15, 0.2) is 11.6 Å². The summed E-state index contributed by atoms with van der Waals surface area (Å²) < 4.78 is 40.7. The highest BCUT2D eigenvalue weighted by Crippen LogP contribution is 2.13. The van der Waals surface area contributed by atoms with E-state index < -0.39 is 27.4 Å². The third-order valence-electron chi connectivity index (χ3n) is 1.79. The maximum atomic E-state index is 13.2. The SMILES string of the molecule is CC(C)(C)[S@](=O)/N=C/c1cccc(F)c1F. The zero-order chi connectivity index (χ0) is 12.3. The lowest BCUT2D eigenvalue weighted by molar-refractivity contribution is 0.507. The van der Waals surface area contributed by atoms with Crippen LogP contribution in [0.1, 0.15) is 26.3 Å². The smallest absolute Gasteiger partial charge is 0.167 e. The summed E-state index contributed by atoms with van der Waals surface area (Å²) in [5.41, 5.74) is -0.00222. The molecule has 16 heavy (non-hydrogen) atoms. The standard InChI is InChI=1S/C11H13F2NOS/c1-11(2,3)16(15)14-7-8-5-4-6-9(12)10(8)13/h4-7H,1-3H3/b14-7+/t16-/m0/s1. The van der Waals surface area contributed by atoms with Crippen molar-refractivity contribution in [3.8, 4) is 0 Å². The van der Waals surface area contributed by atoms with E-state index in [2.05, 4.69) is 4.40 Å². The van der Waals surface area contributed by atoms with Crippen LogP contribution in [0.15, 0.2) is 22.6 Å². The maximum Gasteiger partial charge on any atom is 0.167 e. The summed E-state index contributed by atoms with van der Waals surface area (Å²) in [4.78, 5) is 0. The second-order valence-corrected chi connectivity index (χ2v) is 6.17. The van der Waals surface area contributed by atoms with Crippen molar-refractivity contribution in [3.63, 3.8) is 0 Å². The molecule has 1 aromatic carbocycles. The summed E-state index contributed by atoms with van der Waals surface area (Å²) >= 11 is 0. The quantitative estimate of drug-likeness (QED) is 0.737. The predicted molar refractivity (Wildman–Crippen MR) is 61.8 cm³/mol. The van der Waals surface area contributed by atoms with E-state index in [1.165, 1.54) is 12.1 Å². The van der Waals surface area contributed by atoms with E-state index in [9.17, 15) is 13.0 Å². The molecule has 0 saturated heterocycles. The van der Waals surface area contributed by atoms with Crippen LogP contribution in [-0.2, 0) is 11.0 Å². The van der Waals surface area contributed by atoms with Crippen LogP contribution in [0.2, 0.25) is 0 Å². The second kappa shape index (κ2) is 4.82. The van der Waals surface area contributed by atoms with Crippen molar-refractivity contribution in [1.82, 2.24) is 0 Å². The third-order valence-corrected chi connectivity index (χ3v) is 3.14. The highest BCUT2D eigenvalue weighted by molar-refractivity contribution is 7.85. The predicted octanol–water partition coefficient (Wildman–Crippen LogP) is 2.85. The molecule has 0 unspecified atom stereocenters. The summed E-state index contributed by atoms with van der Waals surface area (Å²) in [5, 5.41) is 0. The topological polar surface area (TPSA) is 29.4 Å². The van der Waals surface area contributed by atoms with Gasteiger partial charge in [0.1, 0.15) is 11.0 Å². The molecule has 0 N–H and O–H groups in total. The van der Waals surface area contributed by atoms with E-state index in [4.69, 9.17) is 0 Å². The maximum absolute atomic E-state index is 13.2. The molecule has 0 bridgehead atoms. The molecule has 0 radical (unpaired) electrons. The Morgan fingerprint density at radius 3 is 2.50 bits per heavy atom. The van der Waals surface area contributed by atoms with E-state index in [0.717, 1.165) is 12.3 Å². The Morgan fingerprint density at radius 2 is 1.94 bits per heavy atom. The minimum atomic E-state index is -1.47. The van der Waals surface area contributed by atoms with E-state index in [0.29, 0.717) is 0 Å². The number of hydrogen-bond acceptors (Lipinski definition) is 1. The van der Waals surface area contributed by atoms with Gasteiger partial charge in [-0.3, -0.25) is 0 Å². The van der Waals surface area contributed by atoms with Crippen molar-refractivity contribution in [3.05, 3.63) is 35.4 Å². The number of nitrogens with zero attached hydrogens (tertiary/aromatic N) is 1. The van der Waals surface area contributed by atoms with E-state index in [1.807, 2.05) is 0 Å². The molecule has 0 amide bonds. The fourth-order valence-corrected chi connectivity index (χ4v) is 1.41. The van der Waals surface area contributed by atoms with Gasteiger partial charge in [0, 0.05) is 11.8 Å². The van der Waals surface area contributed by atoms with Gasteiger partial charge >= 0.3 is 0 Å². The summed E-state index contributed by atoms with van der Waals surface area (Å²) in [6.07, 6.45) is 1.10. The van der Waals surface area contributed by atoms with Gasteiger partial charge in [0.05, 0.1) is 4.75 Å². The lowest BCUT2D eigenvalue weighted by Crippen LogP contribution is -2.19. The molecule has 0 spiro atoms. The van der Waals surface area contributed by atoms with Crippen molar-refractivity contribution >= 4 is 17.2 Å². The zero-order valence-corrected chi connectivity index (χ0v) is 10.1. The molecule has 88 valence electrons. The van der Waals surface area contributed by atoms with Crippen LogP contribution >= 0.6 is 0 Å². The molecule has 0 aromatic heterocycles. The molecular formula is C11H13F2NOS. The number of halogens is 2. The van der Waals surface area contributed by atoms with Crippen molar-refractivity contribution in [2.45, 2.75) is 25.5 Å². The average Bonchev–Trinajstić information content (AvgIpc) is 2.18. The first-order valence-corrected chi connectivity index (χ1v) is 5.83. The molecule has 2 nitrogen and oxygen atoms in total. The lowest BCUT2D eigenvalue weighted by atomic mass is 10.2. The van der Waals surface area contributed by atoms with Crippen LogP contribution < -0.4 is 0 Å². The summed E-state index contributed by atoms with van der Waals surface area (Å²) in [5.74, 6) is -1.91. The number of benzene rings is 1. The van der Waals surface area contributed by atoms with Crippen LogP contribution in [-0.4, -0.2) is 15.2 Å². The molecule has 1 rings (SSSR count). The molecule has 0 saturated carbocycles. The second-order valence-electron chi connectivity index (χ2n) is 4.24. The van der Waals surface area contributed by atoms with Crippen LogP contribution in [0.4, 0.5) is 8.78 Å². The Kier molecular flexibility index (Phi) is 3.91. The Hall–Kier alpha value is -1.10. The van der Waals surface area contributed by atoms with Gasteiger partial charge in [0.2, 0.25) is 0 Å². The fourth-order valence-electron chi connectivity index (χ4n) is 0.883. The first-order valence-electron chi connectivity index (χ1n) is 4.72. The Balaban J connectivity index is 2.94. The number of rotatable bonds is 2. The van der Waals surface area contributed by atoms with Gasteiger partial charge in [-0.2, -0.15) is 4.40 Å². The molecule has 1 atom stereocenters. The fraction of sp³-hybridized carbons (Fsp3) is 0.364. The van der Waals surface area contributed by atoms with Crippen LogP contribution in [0.3, 0.4) is 0 Å². The molecular weight excluding hydrogens is 232 g/mol. The summed E-state index contributed by atoms with van der Waals surface area (Å²) in [7, 11) is -1.47. The first kappa shape index (κ1) is 13.0. The van der Waals surface area contributed by atoms with Crippen LogP contribution in [0, 0.1) is 11.6 Å². The van der Waals surface area contributed by atoms with Crippen molar-refractivity contribution in [2.75, 3.05) is 0 Å². The van der Waals surface area contributed by atoms with Crippen LogP contribution in [0.5, 0.6) is 0 Å². The van der Waals surface area contributed by atoms with Gasteiger partial charge < -0.3 is 0 Å². The van der Waals surface area contributed by atoms with Gasteiger partial charge in [-0.1, -0.05) is 12.1 Å². The molecule has 0 aliphatic heterocycles. The molecule has 0 heterocycles. The van der Waals surface area contributed by atoms with E-state index in [-0.39, 0.29) is 5.56 Å². The van der Waals surface area contributed by atoms with Gasteiger partial charge in [0.25, 0.3) is 0 Å². The summed E-state index contributed by atoms with van der Waals surface area (Å²) in [6.45, 7) is 5.26. The van der Waals surface area contributed by atoms with Crippen molar-refractivity contribution in [1.29, 1.82) is 0 Å². The Labute approximate surface area is 96.0 Å². The monoisotopic (exact) mass is 245 g/mol. The van der Waals surface area contributed by atoms with E-state index in [1.54, 1.807) is 20.8 Å². The Bertz CT molecular complexity index is 438. The minimum absolute atomic E-state index is 0.00222. The van der Waals surface area contributed by atoms with E-state index >= 15 is 0 Å². The van der Waals surface area contributed by atoms with Gasteiger partial charge in [-0.15, -0.1) is 0 Å². The lowest BCUT2D eigenvalue weighted by Gasteiger charge is -2.12. The largest absolute Gasteiger partial charge is 0.234 e. The van der Waals surface area contributed by atoms with Crippen molar-refractivity contribution in [2.24, 2.45) is 4.40 Å². The molecule has 0 aliphatic carbocycles. The highest BCUT2D eigenvalue weighted by Gasteiger charge is 2.18. The molecule has 0 fully saturated rings. The van der Waals surface area contributed by atoms with Gasteiger partial charge in [-0.25, -0.2) is 13.0 Å². The normalized spacial score (nSPS) is 14.3. The van der Waals surface area contributed by atoms with Crippen molar-refractivity contribution < 1.29 is 13.0 Å². The highest BCUT2D eigenvalue weighted by atomic mass is 32.2. The first-order chi connectivity index (χ1) is 7.32. The average molecular weight is 245 g/mol. The van der Waals surface area contributed by atoms with Gasteiger partial charge in [-0.05, 0) is 26.8 Å². The third kappa shape index (κ3) is 3.20. The minimum Gasteiger partial charge on any atom is -0.234 e. The molecule has 0 aliphatic rings. The molecule has 5 heteroatoms. The zero-order valence-electron chi connectivity index (χ0n) is 9.33. The summed E-state index contributed by atoms with van der Waals surface area (Å²) in [6, 6.07) is 3.77. The van der Waals surface area contributed by atoms with Crippen LogP contribution in [0.25, 0.3) is 0 Å². The Morgan fingerprint density at radius 1 is 1.31 bits per heavy atom.